The zero-order valence-electron chi connectivity index (χ0n) is 17.5. The lowest BCUT2D eigenvalue weighted by Gasteiger charge is -2.36. The van der Waals surface area contributed by atoms with E-state index in [4.69, 9.17) is 0 Å². The van der Waals surface area contributed by atoms with Crippen molar-refractivity contribution in [3.05, 3.63) is 35.4 Å². The van der Waals surface area contributed by atoms with Gasteiger partial charge in [0, 0.05) is 0 Å². The minimum absolute atomic E-state index is 0.314. The maximum Gasteiger partial charge on any atom is -0.0108 e. The molecule has 0 heterocycles. The van der Waals surface area contributed by atoms with E-state index in [1.165, 1.54) is 62.5 Å². The summed E-state index contributed by atoms with van der Waals surface area (Å²) in [5, 5.41) is 0. The second kappa shape index (κ2) is 9.64. The van der Waals surface area contributed by atoms with Gasteiger partial charge in [0.1, 0.15) is 0 Å². The predicted octanol–water partition coefficient (Wildman–Crippen LogP) is 8.16. The Kier molecular flexibility index (Phi) is 8.54. The number of hydrogen-bond donors (Lipinski definition) is 0. The van der Waals surface area contributed by atoms with Gasteiger partial charge >= 0.3 is 0 Å². The Hall–Kier alpha value is -0.780. The van der Waals surface area contributed by atoms with Crippen LogP contribution in [0.4, 0.5) is 0 Å². The van der Waals surface area contributed by atoms with Crippen LogP contribution in [-0.4, -0.2) is 0 Å². The van der Waals surface area contributed by atoms with Gasteiger partial charge in [-0.15, -0.1) is 0 Å². The largest absolute Gasteiger partial charge is 0.0654 e. The fourth-order valence-electron chi connectivity index (χ4n) is 3.56. The van der Waals surface area contributed by atoms with E-state index in [9.17, 15) is 0 Å². The summed E-state index contributed by atoms with van der Waals surface area (Å²) in [4.78, 5) is 0. The molecule has 0 fully saturated rings. The molecule has 24 heavy (non-hydrogen) atoms. The summed E-state index contributed by atoms with van der Waals surface area (Å²) < 4.78 is 0. The molecule has 1 aromatic rings. The van der Waals surface area contributed by atoms with Crippen molar-refractivity contribution in [1.29, 1.82) is 0 Å². The molecule has 0 N–H and O–H groups in total. The Balaban J connectivity index is 2.60. The van der Waals surface area contributed by atoms with Crippen LogP contribution < -0.4 is 0 Å². The van der Waals surface area contributed by atoms with Gasteiger partial charge in [-0.25, -0.2) is 0 Å². The molecule has 138 valence electrons. The van der Waals surface area contributed by atoms with E-state index in [2.05, 4.69) is 72.7 Å². The standard InChI is InChI=1S/C24H42/c1-8-9-10-11-12-13-14-20-15-17-21(18-16-20)22(24(5,6)7)19-23(2,3)4/h15-18,22H,8-14,19H2,1-7H3. The third-order valence-electron chi connectivity index (χ3n) is 5.06. The predicted molar refractivity (Wildman–Crippen MR) is 110 cm³/mol. The molecule has 0 heteroatoms. The topological polar surface area (TPSA) is 0 Å². The minimum Gasteiger partial charge on any atom is -0.0654 e. The van der Waals surface area contributed by atoms with Gasteiger partial charge in [0.25, 0.3) is 0 Å². The molecular formula is C24H42. The van der Waals surface area contributed by atoms with Crippen LogP contribution >= 0.6 is 0 Å². The zero-order valence-corrected chi connectivity index (χ0v) is 17.5. The third kappa shape index (κ3) is 8.36. The lowest BCUT2D eigenvalue weighted by molar-refractivity contribution is 0.229. The van der Waals surface area contributed by atoms with Crippen LogP contribution in [0.3, 0.4) is 0 Å². The summed E-state index contributed by atoms with van der Waals surface area (Å²) in [6, 6.07) is 9.55. The summed E-state index contributed by atoms with van der Waals surface area (Å²) in [7, 11) is 0. The lowest BCUT2D eigenvalue weighted by atomic mass is 9.69. The summed E-state index contributed by atoms with van der Waals surface area (Å²) >= 11 is 0. The van der Waals surface area contributed by atoms with Crippen LogP contribution in [0.1, 0.15) is 110 Å². The molecule has 1 rings (SSSR count). The number of unbranched alkanes of at least 4 members (excludes halogenated alkanes) is 5. The van der Waals surface area contributed by atoms with Crippen molar-refractivity contribution in [1.82, 2.24) is 0 Å². The van der Waals surface area contributed by atoms with E-state index in [0.29, 0.717) is 16.7 Å². The Morgan fingerprint density at radius 2 is 1.29 bits per heavy atom. The number of benzene rings is 1. The number of rotatable bonds is 9. The van der Waals surface area contributed by atoms with Gasteiger partial charge in [0.2, 0.25) is 0 Å². The SMILES string of the molecule is CCCCCCCCc1ccc(C(CC(C)(C)C)C(C)(C)C)cc1. The maximum atomic E-state index is 2.40. The van der Waals surface area contributed by atoms with Crippen molar-refractivity contribution < 1.29 is 0 Å². The molecule has 0 spiro atoms. The average Bonchev–Trinajstić information content (AvgIpc) is 2.47. The highest BCUT2D eigenvalue weighted by Gasteiger charge is 2.30. The Morgan fingerprint density at radius 3 is 1.79 bits per heavy atom. The van der Waals surface area contributed by atoms with Crippen molar-refractivity contribution in [2.75, 3.05) is 0 Å². The average molecular weight is 331 g/mol. The van der Waals surface area contributed by atoms with E-state index in [1.54, 1.807) is 0 Å². The normalized spacial score (nSPS) is 14.0. The zero-order chi connectivity index (χ0) is 18.2. The van der Waals surface area contributed by atoms with Crippen LogP contribution in [-0.2, 0) is 6.42 Å². The first kappa shape index (κ1) is 21.3. The second-order valence-electron chi connectivity index (χ2n) is 9.94. The third-order valence-corrected chi connectivity index (χ3v) is 5.06. The van der Waals surface area contributed by atoms with Gasteiger partial charge in [-0.2, -0.15) is 0 Å². The first-order chi connectivity index (χ1) is 11.1. The van der Waals surface area contributed by atoms with Gasteiger partial charge in [-0.3, -0.25) is 0 Å². The highest BCUT2D eigenvalue weighted by Crippen LogP contribution is 2.43. The molecule has 0 amide bonds. The van der Waals surface area contributed by atoms with Crippen LogP contribution in [0, 0.1) is 10.8 Å². The van der Waals surface area contributed by atoms with E-state index >= 15 is 0 Å². The molecule has 0 saturated carbocycles. The van der Waals surface area contributed by atoms with Crippen molar-refractivity contribution in [2.45, 2.75) is 106 Å². The molecule has 0 radical (unpaired) electrons. The number of aryl methyl sites for hydroxylation is 1. The number of hydrogen-bond acceptors (Lipinski definition) is 0. The van der Waals surface area contributed by atoms with Crippen LogP contribution in [0.5, 0.6) is 0 Å². The summed E-state index contributed by atoms with van der Waals surface area (Å²) in [5.74, 6) is 0.626. The molecule has 0 bridgehead atoms. The van der Waals surface area contributed by atoms with Crippen molar-refractivity contribution in [3.63, 3.8) is 0 Å². The first-order valence-electron chi connectivity index (χ1n) is 10.2. The van der Waals surface area contributed by atoms with Crippen LogP contribution in [0.15, 0.2) is 24.3 Å². The van der Waals surface area contributed by atoms with Gasteiger partial charge < -0.3 is 0 Å². The summed E-state index contributed by atoms with van der Waals surface area (Å²) in [5.41, 5.74) is 3.71. The molecule has 0 aliphatic rings. The van der Waals surface area contributed by atoms with E-state index in [1.807, 2.05) is 0 Å². The summed E-state index contributed by atoms with van der Waals surface area (Å²) in [6.45, 7) is 16.5. The quantitative estimate of drug-likeness (QED) is 0.401. The van der Waals surface area contributed by atoms with Crippen molar-refractivity contribution >= 4 is 0 Å². The molecular weight excluding hydrogens is 288 g/mol. The Bertz CT molecular complexity index is 438. The van der Waals surface area contributed by atoms with Gasteiger partial charge in [-0.05, 0) is 47.1 Å². The molecule has 0 aliphatic heterocycles. The van der Waals surface area contributed by atoms with E-state index in [0.717, 1.165) is 0 Å². The molecule has 0 nitrogen and oxygen atoms in total. The highest BCUT2D eigenvalue weighted by atomic mass is 14.3. The molecule has 0 aromatic heterocycles. The molecule has 0 aliphatic carbocycles. The first-order valence-corrected chi connectivity index (χ1v) is 10.2. The van der Waals surface area contributed by atoms with Crippen LogP contribution in [0.25, 0.3) is 0 Å². The molecule has 0 saturated heterocycles. The Labute approximate surface area is 152 Å². The van der Waals surface area contributed by atoms with Crippen molar-refractivity contribution in [2.24, 2.45) is 10.8 Å². The molecule has 1 aromatic carbocycles. The van der Waals surface area contributed by atoms with Crippen molar-refractivity contribution in [3.8, 4) is 0 Å². The fourth-order valence-corrected chi connectivity index (χ4v) is 3.56. The molecule has 1 unspecified atom stereocenters. The highest BCUT2D eigenvalue weighted by molar-refractivity contribution is 5.27. The Morgan fingerprint density at radius 1 is 0.750 bits per heavy atom. The monoisotopic (exact) mass is 330 g/mol. The van der Waals surface area contributed by atoms with Crippen LogP contribution in [0.2, 0.25) is 0 Å². The van der Waals surface area contributed by atoms with Gasteiger partial charge in [0.15, 0.2) is 0 Å². The van der Waals surface area contributed by atoms with E-state index < -0.39 is 0 Å². The van der Waals surface area contributed by atoms with Gasteiger partial charge in [0.05, 0.1) is 0 Å². The van der Waals surface area contributed by atoms with Gasteiger partial charge in [-0.1, -0.05) is 105 Å². The fraction of sp³-hybridized carbons (Fsp3) is 0.750. The summed E-state index contributed by atoms with van der Waals surface area (Å²) in [6.07, 6.45) is 10.8. The maximum absolute atomic E-state index is 2.40. The van der Waals surface area contributed by atoms with E-state index in [-0.39, 0.29) is 0 Å². The minimum atomic E-state index is 0.314. The smallest absolute Gasteiger partial charge is 0.0108 e. The lowest BCUT2D eigenvalue weighted by Crippen LogP contribution is -2.23. The second-order valence-corrected chi connectivity index (χ2v) is 9.94. The molecule has 1 atom stereocenters.